The maximum atomic E-state index is 3.60. The fourth-order valence-electron chi connectivity index (χ4n) is 1.38. The number of aryl methyl sites for hydroxylation is 3. The maximum absolute atomic E-state index is 3.60. The molecule has 0 unspecified atom stereocenters. The van der Waals surface area contributed by atoms with Crippen LogP contribution in [0.3, 0.4) is 0 Å². The molecule has 1 heteroatoms. The second kappa shape index (κ2) is 4.08. The van der Waals surface area contributed by atoms with Crippen molar-refractivity contribution in [2.24, 2.45) is 0 Å². The highest BCUT2D eigenvalue weighted by molar-refractivity contribution is 9.10. The van der Waals surface area contributed by atoms with Crippen molar-refractivity contribution in [2.75, 3.05) is 0 Å². The molecule has 1 rings (SSSR count). The van der Waals surface area contributed by atoms with Gasteiger partial charge in [0.05, 0.1) is 0 Å². The summed E-state index contributed by atoms with van der Waals surface area (Å²) in [6, 6.07) is 4.54. The van der Waals surface area contributed by atoms with Gasteiger partial charge >= 0.3 is 0 Å². The first-order valence-corrected chi connectivity index (χ1v) is 5.26. The molecule has 0 N–H and O–H groups in total. The van der Waals surface area contributed by atoms with E-state index in [4.69, 9.17) is 0 Å². The molecule has 0 atom stereocenters. The van der Waals surface area contributed by atoms with Crippen LogP contribution in [0.1, 0.15) is 30.5 Å². The fraction of sp³-hybridized carbons (Fsp3) is 0.455. The second-order valence-electron chi connectivity index (χ2n) is 3.09. The highest BCUT2D eigenvalue weighted by Gasteiger charge is 2.02. The zero-order valence-corrected chi connectivity index (χ0v) is 9.53. The Morgan fingerprint density at radius 3 is 2.33 bits per heavy atom. The third-order valence-corrected chi connectivity index (χ3v) is 3.31. The summed E-state index contributed by atoms with van der Waals surface area (Å²) >= 11 is 3.60. The van der Waals surface area contributed by atoms with Crippen molar-refractivity contribution in [3.05, 3.63) is 33.3 Å². The third-order valence-electron chi connectivity index (χ3n) is 2.18. The normalized spacial score (nSPS) is 10.3. The molecule has 0 heterocycles. The Hall–Kier alpha value is -0.300. The van der Waals surface area contributed by atoms with Gasteiger partial charge in [-0.05, 0) is 36.5 Å². The van der Waals surface area contributed by atoms with E-state index < -0.39 is 0 Å². The van der Waals surface area contributed by atoms with E-state index in [1.54, 1.807) is 0 Å². The maximum Gasteiger partial charge on any atom is 0.0236 e. The van der Waals surface area contributed by atoms with Crippen molar-refractivity contribution >= 4 is 15.9 Å². The molecule has 0 spiro atoms. The van der Waals surface area contributed by atoms with Crippen LogP contribution < -0.4 is 0 Å². The summed E-state index contributed by atoms with van der Waals surface area (Å²) in [5.74, 6) is 0. The van der Waals surface area contributed by atoms with Gasteiger partial charge in [-0.15, -0.1) is 0 Å². The van der Waals surface area contributed by atoms with Gasteiger partial charge in [-0.1, -0.05) is 41.9 Å². The molecule has 0 fully saturated rings. The summed E-state index contributed by atoms with van der Waals surface area (Å²) in [7, 11) is 0. The average Bonchev–Trinajstić information content (AvgIpc) is 2.09. The lowest BCUT2D eigenvalue weighted by Gasteiger charge is -2.07. The van der Waals surface area contributed by atoms with Gasteiger partial charge in [0.1, 0.15) is 0 Å². The van der Waals surface area contributed by atoms with E-state index in [2.05, 4.69) is 48.8 Å². The molecule has 0 saturated heterocycles. The summed E-state index contributed by atoms with van der Waals surface area (Å²) in [5.41, 5.74) is 4.21. The molecular formula is C11H15Br. The monoisotopic (exact) mass is 226 g/mol. The van der Waals surface area contributed by atoms with Gasteiger partial charge in [0.2, 0.25) is 0 Å². The zero-order chi connectivity index (χ0) is 9.14. The van der Waals surface area contributed by atoms with Gasteiger partial charge in [0, 0.05) is 4.47 Å². The molecule has 0 aromatic heterocycles. The van der Waals surface area contributed by atoms with Gasteiger partial charge in [0.15, 0.2) is 0 Å². The Labute approximate surface area is 83.1 Å². The summed E-state index contributed by atoms with van der Waals surface area (Å²) < 4.78 is 1.28. The van der Waals surface area contributed by atoms with Gasteiger partial charge in [-0.3, -0.25) is 0 Å². The van der Waals surface area contributed by atoms with Crippen LogP contribution in [0.4, 0.5) is 0 Å². The van der Waals surface area contributed by atoms with Crippen LogP contribution in [0, 0.1) is 6.92 Å². The van der Waals surface area contributed by atoms with Crippen LogP contribution in [-0.2, 0) is 12.8 Å². The van der Waals surface area contributed by atoms with Crippen LogP contribution in [-0.4, -0.2) is 0 Å². The van der Waals surface area contributed by atoms with Crippen molar-refractivity contribution in [1.82, 2.24) is 0 Å². The van der Waals surface area contributed by atoms with Crippen molar-refractivity contribution < 1.29 is 0 Å². The van der Waals surface area contributed by atoms with Crippen LogP contribution in [0.25, 0.3) is 0 Å². The number of halogens is 1. The SMILES string of the molecule is CCc1cc(C)c(Br)c(CC)c1. The highest BCUT2D eigenvalue weighted by Crippen LogP contribution is 2.23. The predicted molar refractivity (Wildman–Crippen MR) is 57.6 cm³/mol. The van der Waals surface area contributed by atoms with Crippen LogP contribution in [0.2, 0.25) is 0 Å². The molecule has 0 aliphatic rings. The van der Waals surface area contributed by atoms with Gasteiger partial charge in [0.25, 0.3) is 0 Å². The van der Waals surface area contributed by atoms with E-state index in [-0.39, 0.29) is 0 Å². The first-order chi connectivity index (χ1) is 5.69. The predicted octanol–water partition coefficient (Wildman–Crippen LogP) is 3.88. The molecule has 0 aliphatic heterocycles. The van der Waals surface area contributed by atoms with Crippen molar-refractivity contribution in [3.8, 4) is 0 Å². The second-order valence-corrected chi connectivity index (χ2v) is 3.89. The first kappa shape index (κ1) is 9.79. The largest absolute Gasteiger partial charge is 0.0613 e. The quantitative estimate of drug-likeness (QED) is 0.719. The smallest absolute Gasteiger partial charge is 0.0236 e. The molecule has 1 aromatic rings. The molecule has 66 valence electrons. The number of hydrogen-bond donors (Lipinski definition) is 0. The fourth-order valence-corrected chi connectivity index (χ4v) is 1.89. The molecule has 0 saturated carbocycles. The number of hydrogen-bond acceptors (Lipinski definition) is 0. The summed E-state index contributed by atoms with van der Waals surface area (Å²) in [4.78, 5) is 0. The Kier molecular flexibility index (Phi) is 3.33. The van der Waals surface area contributed by atoms with Crippen LogP contribution in [0.5, 0.6) is 0 Å². The van der Waals surface area contributed by atoms with E-state index in [0.29, 0.717) is 0 Å². The van der Waals surface area contributed by atoms with E-state index in [1.165, 1.54) is 21.2 Å². The summed E-state index contributed by atoms with van der Waals surface area (Å²) in [6.45, 7) is 6.55. The molecule has 1 aromatic carbocycles. The highest BCUT2D eigenvalue weighted by atomic mass is 79.9. The summed E-state index contributed by atoms with van der Waals surface area (Å²) in [6.07, 6.45) is 2.23. The Morgan fingerprint density at radius 1 is 1.17 bits per heavy atom. The summed E-state index contributed by atoms with van der Waals surface area (Å²) in [5, 5.41) is 0. The van der Waals surface area contributed by atoms with E-state index in [0.717, 1.165) is 12.8 Å². The third kappa shape index (κ3) is 1.89. The van der Waals surface area contributed by atoms with Gasteiger partial charge in [-0.25, -0.2) is 0 Å². The van der Waals surface area contributed by atoms with Crippen LogP contribution >= 0.6 is 15.9 Å². The lowest BCUT2D eigenvalue weighted by Crippen LogP contribution is -1.90. The molecule has 0 radical (unpaired) electrons. The van der Waals surface area contributed by atoms with Crippen LogP contribution in [0.15, 0.2) is 16.6 Å². The minimum Gasteiger partial charge on any atom is -0.0613 e. The Balaban J connectivity index is 3.19. The van der Waals surface area contributed by atoms with E-state index in [9.17, 15) is 0 Å². The topological polar surface area (TPSA) is 0 Å². The lowest BCUT2D eigenvalue weighted by atomic mass is 10.0. The molecule has 0 nitrogen and oxygen atoms in total. The Bertz CT molecular complexity index is 277. The minimum atomic E-state index is 1.11. The first-order valence-electron chi connectivity index (χ1n) is 4.47. The van der Waals surface area contributed by atoms with E-state index >= 15 is 0 Å². The number of benzene rings is 1. The van der Waals surface area contributed by atoms with Gasteiger partial charge < -0.3 is 0 Å². The standard InChI is InChI=1S/C11H15Br/c1-4-9-6-8(3)11(12)10(5-2)7-9/h6-7H,4-5H2,1-3H3. The van der Waals surface area contributed by atoms with Crippen molar-refractivity contribution in [2.45, 2.75) is 33.6 Å². The molecular weight excluding hydrogens is 212 g/mol. The molecule has 0 amide bonds. The Morgan fingerprint density at radius 2 is 1.83 bits per heavy atom. The van der Waals surface area contributed by atoms with Crippen molar-refractivity contribution in [3.63, 3.8) is 0 Å². The average molecular weight is 227 g/mol. The van der Waals surface area contributed by atoms with E-state index in [1.807, 2.05) is 0 Å². The zero-order valence-electron chi connectivity index (χ0n) is 7.95. The van der Waals surface area contributed by atoms with Gasteiger partial charge in [-0.2, -0.15) is 0 Å². The molecule has 12 heavy (non-hydrogen) atoms. The number of rotatable bonds is 2. The molecule has 0 aliphatic carbocycles. The minimum absolute atomic E-state index is 1.11. The lowest BCUT2D eigenvalue weighted by molar-refractivity contribution is 1.06. The van der Waals surface area contributed by atoms with Crippen molar-refractivity contribution in [1.29, 1.82) is 0 Å². The molecule has 0 bridgehead atoms.